The molecule has 0 atom stereocenters. The van der Waals surface area contributed by atoms with Crippen LogP contribution >= 0.6 is 0 Å². The van der Waals surface area contributed by atoms with E-state index >= 15 is 0 Å². The molecule has 0 spiro atoms. The van der Waals surface area contributed by atoms with E-state index in [1.165, 1.54) is 12.4 Å². The fourth-order valence-corrected chi connectivity index (χ4v) is 1.48. The molecule has 0 radical (unpaired) electrons. The molecule has 2 heterocycles. The standard InChI is InChI=1S/C10H8N4O4/c15-7(16)5-14-9(6-2-1-3-11-4-6)8(10(17)18)12-13-14/h1-4H,5H2,(H,15,16)(H,17,18). The summed E-state index contributed by atoms with van der Waals surface area (Å²) in [6.45, 7) is -0.468. The van der Waals surface area contributed by atoms with Crippen LogP contribution in [0.3, 0.4) is 0 Å². The highest BCUT2D eigenvalue weighted by Gasteiger charge is 2.21. The normalized spacial score (nSPS) is 10.2. The van der Waals surface area contributed by atoms with Crippen LogP contribution in [-0.2, 0) is 11.3 Å². The Balaban J connectivity index is 2.57. The Labute approximate surface area is 101 Å². The van der Waals surface area contributed by atoms with Gasteiger partial charge in [-0.05, 0) is 12.1 Å². The van der Waals surface area contributed by atoms with Crippen LogP contribution in [0.15, 0.2) is 24.5 Å². The van der Waals surface area contributed by atoms with E-state index in [1.807, 2.05) is 0 Å². The molecular weight excluding hydrogens is 240 g/mol. The van der Waals surface area contributed by atoms with Crippen molar-refractivity contribution in [3.05, 3.63) is 30.2 Å². The van der Waals surface area contributed by atoms with Gasteiger partial charge in [0, 0.05) is 18.0 Å². The molecule has 0 amide bonds. The third kappa shape index (κ3) is 2.17. The number of nitrogens with zero attached hydrogens (tertiary/aromatic N) is 4. The SMILES string of the molecule is O=C(O)Cn1nnc(C(=O)O)c1-c1cccnc1. The highest BCUT2D eigenvalue weighted by molar-refractivity contribution is 5.92. The van der Waals surface area contributed by atoms with Gasteiger partial charge in [0.15, 0.2) is 5.69 Å². The van der Waals surface area contributed by atoms with Gasteiger partial charge in [-0.15, -0.1) is 5.10 Å². The second kappa shape index (κ2) is 4.62. The first-order chi connectivity index (χ1) is 8.59. The number of pyridine rings is 1. The van der Waals surface area contributed by atoms with Crippen molar-refractivity contribution in [2.45, 2.75) is 6.54 Å². The van der Waals surface area contributed by atoms with Gasteiger partial charge in [0.2, 0.25) is 0 Å². The molecular formula is C10H8N4O4. The Kier molecular flexibility index (Phi) is 3.00. The molecule has 0 unspecified atom stereocenters. The number of hydrogen-bond donors (Lipinski definition) is 2. The van der Waals surface area contributed by atoms with Crippen LogP contribution in [0, 0.1) is 0 Å². The van der Waals surface area contributed by atoms with Crippen LogP contribution in [0.1, 0.15) is 10.5 Å². The zero-order valence-electron chi connectivity index (χ0n) is 9.02. The monoisotopic (exact) mass is 248 g/mol. The summed E-state index contributed by atoms with van der Waals surface area (Å²) in [5.41, 5.74) is 0.267. The predicted octanol–water partition coefficient (Wildman–Crippen LogP) is 0.123. The van der Waals surface area contributed by atoms with E-state index in [2.05, 4.69) is 15.3 Å². The Bertz CT molecular complexity index is 593. The lowest BCUT2D eigenvalue weighted by Crippen LogP contribution is -2.12. The van der Waals surface area contributed by atoms with Crippen LogP contribution in [0.5, 0.6) is 0 Å². The van der Waals surface area contributed by atoms with Gasteiger partial charge < -0.3 is 10.2 Å². The van der Waals surface area contributed by atoms with Crippen molar-refractivity contribution in [1.82, 2.24) is 20.0 Å². The molecule has 18 heavy (non-hydrogen) atoms. The third-order valence-electron chi connectivity index (χ3n) is 2.16. The maximum Gasteiger partial charge on any atom is 0.358 e. The summed E-state index contributed by atoms with van der Waals surface area (Å²) in [5.74, 6) is -2.41. The summed E-state index contributed by atoms with van der Waals surface area (Å²) in [6, 6.07) is 3.22. The molecule has 92 valence electrons. The molecule has 8 heteroatoms. The lowest BCUT2D eigenvalue weighted by Gasteiger charge is -2.03. The van der Waals surface area contributed by atoms with Gasteiger partial charge in [-0.25, -0.2) is 9.48 Å². The van der Waals surface area contributed by atoms with E-state index in [0.29, 0.717) is 5.56 Å². The van der Waals surface area contributed by atoms with Crippen LogP contribution < -0.4 is 0 Å². The van der Waals surface area contributed by atoms with Crippen molar-refractivity contribution in [3.63, 3.8) is 0 Å². The number of hydrogen-bond acceptors (Lipinski definition) is 5. The molecule has 2 rings (SSSR count). The topological polar surface area (TPSA) is 118 Å². The van der Waals surface area contributed by atoms with Crippen molar-refractivity contribution >= 4 is 11.9 Å². The molecule has 0 saturated carbocycles. The number of carbonyl (C=O) groups is 2. The summed E-state index contributed by atoms with van der Waals surface area (Å²) in [7, 11) is 0. The van der Waals surface area contributed by atoms with E-state index in [9.17, 15) is 9.59 Å². The molecule has 2 aromatic heterocycles. The molecule has 0 aliphatic heterocycles. The van der Waals surface area contributed by atoms with E-state index in [4.69, 9.17) is 10.2 Å². The van der Waals surface area contributed by atoms with Gasteiger partial charge in [0.1, 0.15) is 12.2 Å². The molecule has 0 saturated heterocycles. The van der Waals surface area contributed by atoms with E-state index in [0.717, 1.165) is 4.68 Å². The predicted molar refractivity (Wildman–Crippen MR) is 57.8 cm³/mol. The summed E-state index contributed by atoms with van der Waals surface area (Å²) in [4.78, 5) is 25.5. The van der Waals surface area contributed by atoms with Crippen LogP contribution in [-0.4, -0.2) is 42.1 Å². The minimum Gasteiger partial charge on any atom is -0.480 e. The number of aliphatic carboxylic acids is 1. The van der Waals surface area contributed by atoms with Gasteiger partial charge in [0.25, 0.3) is 0 Å². The van der Waals surface area contributed by atoms with E-state index < -0.39 is 18.5 Å². The number of aromatic carboxylic acids is 1. The average Bonchev–Trinajstić information content (AvgIpc) is 2.73. The molecule has 0 bridgehead atoms. The van der Waals surface area contributed by atoms with E-state index in [-0.39, 0.29) is 11.4 Å². The zero-order valence-corrected chi connectivity index (χ0v) is 9.02. The smallest absolute Gasteiger partial charge is 0.358 e. The Morgan fingerprint density at radius 1 is 1.33 bits per heavy atom. The van der Waals surface area contributed by atoms with Crippen molar-refractivity contribution in [1.29, 1.82) is 0 Å². The van der Waals surface area contributed by atoms with Crippen molar-refractivity contribution < 1.29 is 19.8 Å². The van der Waals surface area contributed by atoms with Crippen LogP contribution in [0.2, 0.25) is 0 Å². The third-order valence-corrected chi connectivity index (χ3v) is 2.16. The summed E-state index contributed by atoms with van der Waals surface area (Å²) >= 11 is 0. The number of aromatic nitrogens is 4. The van der Waals surface area contributed by atoms with Gasteiger partial charge >= 0.3 is 11.9 Å². The van der Waals surface area contributed by atoms with Crippen LogP contribution in [0.25, 0.3) is 11.3 Å². The maximum atomic E-state index is 11.0. The minimum atomic E-state index is -1.27. The first-order valence-electron chi connectivity index (χ1n) is 4.88. The van der Waals surface area contributed by atoms with Gasteiger partial charge in [-0.3, -0.25) is 9.78 Å². The first-order valence-corrected chi connectivity index (χ1v) is 4.88. The summed E-state index contributed by atoms with van der Waals surface area (Å²) < 4.78 is 1.02. The quantitative estimate of drug-likeness (QED) is 0.788. The summed E-state index contributed by atoms with van der Waals surface area (Å²) in [5, 5.41) is 24.7. The minimum absolute atomic E-state index is 0.123. The Morgan fingerprint density at radius 3 is 2.67 bits per heavy atom. The lowest BCUT2D eigenvalue weighted by molar-refractivity contribution is -0.137. The molecule has 0 aliphatic rings. The highest BCUT2D eigenvalue weighted by Crippen LogP contribution is 2.21. The summed E-state index contributed by atoms with van der Waals surface area (Å²) in [6.07, 6.45) is 2.94. The second-order valence-electron chi connectivity index (χ2n) is 3.38. The lowest BCUT2D eigenvalue weighted by atomic mass is 10.1. The van der Waals surface area contributed by atoms with E-state index in [1.54, 1.807) is 12.1 Å². The van der Waals surface area contributed by atoms with Gasteiger partial charge in [0.05, 0.1) is 0 Å². The van der Waals surface area contributed by atoms with Crippen molar-refractivity contribution in [2.75, 3.05) is 0 Å². The van der Waals surface area contributed by atoms with Crippen molar-refractivity contribution in [2.24, 2.45) is 0 Å². The molecule has 2 aromatic rings. The fraction of sp³-hybridized carbons (Fsp3) is 0.100. The van der Waals surface area contributed by atoms with Gasteiger partial charge in [-0.2, -0.15) is 0 Å². The molecule has 2 N–H and O–H groups in total. The molecule has 0 aliphatic carbocycles. The number of rotatable bonds is 4. The van der Waals surface area contributed by atoms with Gasteiger partial charge in [-0.1, -0.05) is 5.21 Å². The fourth-order valence-electron chi connectivity index (χ4n) is 1.48. The largest absolute Gasteiger partial charge is 0.480 e. The molecule has 0 aromatic carbocycles. The maximum absolute atomic E-state index is 11.0. The Hall–Kier alpha value is -2.77. The molecule has 8 nitrogen and oxygen atoms in total. The first kappa shape index (κ1) is 11.7. The average molecular weight is 248 g/mol. The highest BCUT2D eigenvalue weighted by atomic mass is 16.4. The van der Waals surface area contributed by atoms with Crippen LogP contribution in [0.4, 0.5) is 0 Å². The number of carboxylic acids is 2. The molecule has 0 fully saturated rings. The zero-order chi connectivity index (χ0) is 13.1. The second-order valence-corrected chi connectivity index (χ2v) is 3.38. The Morgan fingerprint density at radius 2 is 2.11 bits per heavy atom. The number of carboxylic acid groups (broad SMARTS) is 2. The van der Waals surface area contributed by atoms with Crippen molar-refractivity contribution in [3.8, 4) is 11.3 Å².